The van der Waals surface area contributed by atoms with Crippen molar-refractivity contribution in [3.8, 4) is 5.75 Å². The summed E-state index contributed by atoms with van der Waals surface area (Å²) in [6.07, 6.45) is 1.48. The lowest BCUT2D eigenvalue weighted by Crippen LogP contribution is -2.06. The third kappa shape index (κ3) is 2.42. The molecule has 0 amide bonds. The smallest absolute Gasteiger partial charge is 0.311 e. The lowest BCUT2D eigenvalue weighted by molar-refractivity contribution is -0.139. The van der Waals surface area contributed by atoms with Crippen molar-refractivity contribution in [3.63, 3.8) is 0 Å². The number of ether oxygens (including phenoxy) is 1. The fourth-order valence-corrected chi connectivity index (χ4v) is 1.16. The van der Waals surface area contributed by atoms with Crippen LogP contribution < -0.4 is 0 Å². The van der Waals surface area contributed by atoms with Crippen LogP contribution in [0.5, 0.6) is 5.75 Å². The second-order valence-corrected chi connectivity index (χ2v) is 3.20. The van der Waals surface area contributed by atoms with Crippen molar-refractivity contribution in [2.75, 3.05) is 7.11 Å². The maximum atomic E-state index is 10.9. The number of carbonyl (C=O) groups is 1. The Bertz CT molecular complexity index is 327. The first-order valence-electron chi connectivity index (χ1n) is 3.54. The van der Waals surface area contributed by atoms with E-state index in [1.807, 2.05) is 0 Å². The number of hydrogen-bond acceptors (Lipinski definition) is 4. The minimum Gasteiger partial charge on any atom is -0.505 e. The third-order valence-corrected chi connectivity index (χ3v) is 2.13. The molecule has 0 aromatic carbocycles. The molecule has 0 fully saturated rings. The van der Waals surface area contributed by atoms with Gasteiger partial charge in [-0.3, -0.25) is 9.78 Å². The molecule has 5 heteroatoms. The van der Waals surface area contributed by atoms with Gasteiger partial charge in [0.2, 0.25) is 0 Å². The first-order chi connectivity index (χ1) is 6.15. The molecule has 0 bridgehead atoms. The van der Waals surface area contributed by atoms with Gasteiger partial charge in [-0.15, -0.1) is 0 Å². The average molecular weight is 246 g/mol. The third-order valence-electron chi connectivity index (χ3n) is 1.49. The molecule has 0 spiro atoms. The van der Waals surface area contributed by atoms with E-state index in [9.17, 15) is 9.90 Å². The van der Waals surface area contributed by atoms with Crippen LogP contribution >= 0.6 is 15.9 Å². The number of aromatic hydroxyl groups is 1. The minimum absolute atomic E-state index is 0.0205. The summed E-state index contributed by atoms with van der Waals surface area (Å²) in [6.45, 7) is 0. The molecule has 13 heavy (non-hydrogen) atoms. The molecule has 1 rings (SSSR count). The molecule has 70 valence electrons. The molecule has 0 aliphatic heterocycles. The number of hydrogen-bond donors (Lipinski definition) is 1. The van der Waals surface area contributed by atoms with Crippen molar-refractivity contribution in [1.82, 2.24) is 4.98 Å². The van der Waals surface area contributed by atoms with E-state index in [-0.39, 0.29) is 12.2 Å². The zero-order valence-electron chi connectivity index (χ0n) is 6.95. The molecule has 0 aliphatic rings. The largest absolute Gasteiger partial charge is 0.505 e. The van der Waals surface area contributed by atoms with E-state index in [1.54, 1.807) is 6.07 Å². The molecule has 0 atom stereocenters. The maximum absolute atomic E-state index is 10.9. The molecule has 0 saturated heterocycles. The number of carbonyl (C=O) groups excluding carboxylic acids is 1. The van der Waals surface area contributed by atoms with Crippen LogP contribution in [-0.2, 0) is 16.0 Å². The number of aromatic nitrogens is 1. The van der Waals surface area contributed by atoms with Gasteiger partial charge in [0.05, 0.1) is 23.7 Å². The van der Waals surface area contributed by atoms with Gasteiger partial charge in [0.25, 0.3) is 0 Å². The van der Waals surface area contributed by atoms with E-state index in [1.165, 1.54) is 13.3 Å². The van der Waals surface area contributed by atoms with Crippen LogP contribution in [0.25, 0.3) is 0 Å². The van der Waals surface area contributed by atoms with Crippen molar-refractivity contribution in [2.45, 2.75) is 6.42 Å². The Labute approximate surface area is 83.7 Å². The van der Waals surface area contributed by atoms with Crippen LogP contribution in [0, 0.1) is 0 Å². The van der Waals surface area contributed by atoms with Crippen molar-refractivity contribution >= 4 is 21.9 Å². The van der Waals surface area contributed by atoms with Gasteiger partial charge >= 0.3 is 5.97 Å². The number of halogens is 1. The lowest BCUT2D eigenvalue weighted by Gasteiger charge is -2.02. The standard InChI is InChI=1S/C8H8BrNO3/c1-13-7(11)4-6-8(12)5(9)2-3-10-6/h2-3,12H,4H2,1H3. The molecule has 0 radical (unpaired) electrons. The molecule has 1 heterocycles. The summed E-state index contributed by atoms with van der Waals surface area (Å²) >= 11 is 3.12. The summed E-state index contributed by atoms with van der Waals surface area (Å²) in [5.74, 6) is -0.450. The van der Waals surface area contributed by atoms with E-state index in [0.29, 0.717) is 10.2 Å². The van der Waals surface area contributed by atoms with Crippen LogP contribution in [0.4, 0.5) is 0 Å². The molecular weight excluding hydrogens is 238 g/mol. The summed E-state index contributed by atoms with van der Waals surface area (Å²) in [7, 11) is 1.29. The number of methoxy groups -OCH3 is 1. The molecular formula is C8H8BrNO3. The van der Waals surface area contributed by atoms with E-state index >= 15 is 0 Å². The van der Waals surface area contributed by atoms with Gasteiger partial charge in [0.1, 0.15) is 0 Å². The van der Waals surface area contributed by atoms with Gasteiger partial charge in [-0.2, -0.15) is 0 Å². The molecule has 1 aromatic rings. The van der Waals surface area contributed by atoms with Crippen molar-refractivity contribution in [1.29, 1.82) is 0 Å². The van der Waals surface area contributed by atoms with Gasteiger partial charge in [0.15, 0.2) is 5.75 Å². The molecule has 1 aromatic heterocycles. The SMILES string of the molecule is COC(=O)Cc1nccc(Br)c1O. The van der Waals surface area contributed by atoms with Gasteiger partial charge in [-0.05, 0) is 22.0 Å². The van der Waals surface area contributed by atoms with E-state index in [2.05, 4.69) is 25.7 Å². The first kappa shape index (κ1) is 9.98. The van der Waals surface area contributed by atoms with Crippen molar-refractivity contribution in [2.24, 2.45) is 0 Å². The molecule has 0 aliphatic carbocycles. The Hall–Kier alpha value is -1.10. The Morgan fingerprint density at radius 3 is 3.08 bits per heavy atom. The number of esters is 1. The topological polar surface area (TPSA) is 59.4 Å². The number of pyridine rings is 1. The summed E-state index contributed by atoms with van der Waals surface area (Å²) < 4.78 is 4.96. The zero-order chi connectivity index (χ0) is 9.84. The monoisotopic (exact) mass is 245 g/mol. The van der Waals surface area contributed by atoms with Crippen molar-refractivity contribution in [3.05, 3.63) is 22.4 Å². The number of nitrogens with zero attached hydrogens (tertiary/aromatic N) is 1. The highest BCUT2D eigenvalue weighted by Gasteiger charge is 2.10. The summed E-state index contributed by atoms with van der Waals surface area (Å²) in [5, 5.41) is 9.42. The Kier molecular flexibility index (Phi) is 3.25. The zero-order valence-corrected chi connectivity index (χ0v) is 8.54. The van der Waals surface area contributed by atoms with Crippen LogP contribution in [0.1, 0.15) is 5.69 Å². The highest BCUT2D eigenvalue weighted by Crippen LogP contribution is 2.25. The second kappa shape index (κ2) is 4.23. The van der Waals surface area contributed by atoms with Crippen LogP contribution in [-0.4, -0.2) is 23.2 Å². The Morgan fingerprint density at radius 2 is 2.46 bits per heavy atom. The summed E-state index contributed by atoms with van der Waals surface area (Å²) in [4.78, 5) is 14.7. The highest BCUT2D eigenvalue weighted by molar-refractivity contribution is 9.10. The maximum Gasteiger partial charge on any atom is 0.311 e. The molecule has 0 saturated carbocycles. The molecule has 1 N–H and O–H groups in total. The predicted molar refractivity (Wildman–Crippen MR) is 49.3 cm³/mol. The van der Waals surface area contributed by atoms with Crippen LogP contribution in [0.3, 0.4) is 0 Å². The molecule has 4 nitrogen and oxygen atoms in total. The summed E-state index contributed by atoms with van der Waals surface area (Å²) in [6, 6.07) is 1.59. The van der Waals surface area contributed by atoms with Gasteiger partial charge in [-0.1, -0.05) is 0 Å². The van der Waals surface area contributed by atoms with E-state index in [4.69, 9.17) is 0 Å². The van der Waals surface area contributed by atoms with E-state index in [0.717, 1.165) is 0 Å². The van der Waals surface area contributed by atoms with E-state index < -0.39 is 5.97 Å². The number of rotatable bonds is 2. The lowest BCUT2D eigenvalue weighted by atomic mass is 10.2. The Balaban J connectivity index is 2.89. The van der Waals surface area contributed by atoms with Gasteiger partial charge < -0.3 is 9.84 Å². The highest BCUT2D eigenvalue weighted by atomic mass is 79.9. The van der Waals surface area contributed by atoms with Crippen LogP contribution in [0.2, 0.25) is 0 Å². The average Bonchev–Trinajstić information content (AvgIpc) is 2.13. The summed E-state index contributed by atoms with van der Waals surface area (Å²) in [5.41, 5.74) is 0.307. The van der Waals surface area contributed by atoms with Crippen LogP contribution in [0.15, 0.2) is 16.7 Å². The fraction of sp³-hybridized carbons (Fsp3) is 0.250. The first-order valence-corrected chi connectivity index (χ1v) is 4.33. The second-order valence-electron chi connectivity index (χ2n) is 2.34. The normalized spacial score (nSPS) is 9.69. The van der Waals surface area contributed by atoms with Crippen molar-refractivity contribution < 1.29 is 14.6 Å². The quantitative estimate of drug-likeness (QED) is 0.798. The molecule has 0 unspecified atom stereocenters. The van der Waals surface area contributed by atoms with Gasteiger partial charge in [0, 0.05) is 6.20 Å². The van der Waals surface area contributed by atoms with Gasteiger partial charge in [-0.25, -0.2) is 0 Å². The fourth-order valence-electron chi connectivity index (χ4n) is 0.809. The minimum atomic E-state index is -0.430. The Morgan fingerprint density at radius 1 is 1.77 bits per heavy atom. The predicted octanol–water partition coefficient (Wildman–Crippen LogP) is 1.27.